The number of aryl methyl sites for hydroxylation is 3. The number of hydrogen-bond donors (Lipinski definition) is 3. The fourth-order valence-corrected chi connectivity index (χ4v) is 3.13. The summed E-state index contributed by atoms with van der Waals surface area (Å²) in [5.74, 6) is 2.51. The van der Waals surface area contributed by atoms with E-state index in [1.165, 1.54) is 6.33 Å². The van der Waals surface area contributed by atoms with Crippen LogP contribution < -0.4 is 16.0 Å². The van der Waals surface area contributed by atoms with Gasteiger partial charge in [0.2, 0.25) is 5.91 Å². The van der Waals surface area contributed by atoms with Gasteiger partial charge in [-0.2, -0.15) is 0 Å². The van der Waals surface area contributed by atoms with E-state index in [9.17, 15) is 4.79 Å². The first-order valence-electron chi connectivity index (χ1n) is 10.1. The van der Waals surface area contributed by atoms with Crippen LogP contribution in [0, 0.1) is 20.8 Å². The largest absolute Gasteiger partial charge is 0.361 e. The van der Waals surface area contributed by atoms with Gasteiger partial charge in [-0.15, -0.1) is 0 Å². The molecule has 9 nitrogen and oxygen atoms in total. The smallest absolute Gasteiger partial charge is 0.228 e. The molecule has 3 aromatic heterocycles. The molecule has 0 spiro atoms. The average Bonchev–Trinajstić information content (AvgIpc) is 3.07. The van der Waals surface area contributed by atoms with Crippen molar-refractivity contribution in [1.82, 2.24) is 20.1 Å². The van der Waals surface area contributed by atoms with Gasteiger partial charge in [-0.3, -0.25) is 4.79 Å². The number of benzene rings is 1. The molecule has 0 bridgehead atoms. The molecule has 0 saturated carbocycles. The van der Waals surface area contributed by atoms with Crippen molar-refractivity contribution in [2.75, 3.05) is 16.0 Å². The Morgan fingerprint density at radius 3 is 2.25 bits per heavy atom. The maximum Gasteiger partial charge on any atom is 0.228 e. The molecule has 9 heteroatoms. The van der Waals surface area contributed by atoms with Crippen LogP contribution in [0.25, 0.3) is 0 Å². The highest BCUT2D eigenvalue weighted by atomic mass is 16.5. The summed E-state index contributed by atoms with van der Waals surface area (Å²) in [7, 11) is 0. The maximum atomic E-state index is 12.3. The van der Waals surface area contributed by atoms with Gasteiger partial charge in [-0.1, -0.05) is 5.16 Å². The van der Waals surface area contributed by atoms with Gasteiger partial charge in [0.15, 0.2) is 0 Å². The number of nitrogens with zero attached hydrogens (tertiary/aromatic N) is 4. The zero-order valence-corrected chi connectivity index (χ0v) is 18.0. The van der Waals surface area contributed by atoms with Crippen molar-refractivity contribution in [3.63, 3.8) is 0 Å². The maximum absolute atomic E-state index is 12.3. The molecule has 0 saturated heterocycles. The van der Waals surface area contributed by atoms with Crippen molar-refractivity contribution in [3.05, 3.63) is 77.6 Å². The molecule has 0 unspecified atom stereocenters. The Balaban J connectivity index is 1.37. The average molecular weight is 429 g/mol. The fourth-order valence-electron chi connectivity index (χ4n) is 3.13. The topological polar surface area (TPSA) is 118 Å². The molecule has 0 aliphatic carbocycles. The van der Waals surface area contributed by atoms with Gasteiger partial charge >= 0.3 is 0 Å². The van der Waals surface area contributed by atoms with E-state index in [0.717, 1.165) is 22.5 Å². The van der Waals surface area contributed by atoms with Crippen molar-refractivity contribution in [3.8, 4) is 0 Å². The Labute approximate surface area is 185 Å². The van der Waals surface area contributed by atoms with E-state index in [1.807, 2.05) is 50.2 Å². The number of pyridine rings is 1. The molecule has 162 valence electrons. The van der Waals surface area contributed by atoms with E-state index in [0.29, 0.717) is 28.9 Å². The highest BCUT2D eigenvalue weighted by Crippen LogP contribution is 2.21. The summed E-state index contributed by atoms with van der Waals surface area (Å²) in [6, 6.07) is 13.0. The third-order valence-corrected chi connectivity index (χ3v) is 4.80. The van der Waals surface area contributed by atoms with Gasteiger partial charge < -0.3 is 20.5 Å². The summed E-state index contributed by atoms with van der Waals surface area (Å²) in [5, 5.41) is 13.2. The Morgan fingerprint density at radius 2 is 1.56 bits per heavy atom. The third-order valence-electron chi connectivity index (χ3n) is 4.80. The van der Waals surface area contributed by atoms with E-state index < -0.39 is 0 Å². The SMILES string of the molecule is Cc1ccnc(Nc2cc(Nc3ccc(NC(=O)Cc4c(C)noc4C)cc3)ncn2)c1. The van der Waals surface area contributed by atoms with Crippen LogP contribution in [-0.2, 0) is 11.2 Å². The van der Waals surface area contributed by atoms with Crippen LogP contribution in [0.3, 0.4) is 0 Å². The van der Waals surface area contributed by atoms with E-state index in [1.54, 1.807) is 19.2 Å². The van der Waals surface area contributed by atoms with Crippen molar-refractivity contribution >= 4 is 34.7 Å². The Hall–Kier alpha value is -4.27. The number of carbonyl (C=O) groups is 1. The molecule has 0 aliphatic heterocycles. The van der Waals surface area contributed by atoms with Crippen LogP contribution in [0.5, 0.6) is 0 Å². The van der Waals surface area contributed by atoms with Crippen LogP contribution in [-0.4, -0.2) is 26.0 Å². The molecule has 1 amide bonds. The lowest BCUT2D eigenvalue weighted by atomic mass is 10.1. The summed E-state index contributed by atoms with van der Waals surface area (Å²) in [4.78, 5) is 25.1. The molecule has 0 radical (unpaired) electrons. The second-order valence-electron chi connectivity index (χ2n) is 7.36. The molecule has 3 heterocycles. The van der Waals surface area contributed by atoms with E-state index in [-0.39, 0.29) is 12.3 Å². The summed E-state index contributed by atoms with van der Waals surface area (Å²) in [6.45, 7) is 5.63. The van der Waals surface area contributed by atoms with Gasteiger partial charge in [-0.25, -0.2) is 15.0 Å². The van der Waals surface area contributed by atoms with Crippen LogP contribution in [0.15, 0.2) is 59.5 Å². The fraction of sp³-hybridized carbons (Fsp3) is 0.174. The van der Waals surface area contributed by atoms with Crippen LogP contribution in [0.2, 0.25) is 0 Å². The molecule has 1 aromatic carbocycles. The molecule has 3 N–H and O–H groups in total. The third kappa shape index (κ3) is 5.25. The summed E-state index contributed by atoms with van der Waals surface area (Å²) in [5.41, 5.74) is 4.17. The zero-order chi connectivity index (χ0) is 22.5. The lowest BCUT2D eigenvalue weighted by molar-refractivity contribution is -0.115. The minimum atomic E-state index is -0.128. The first-order chi connectivity index (χ1) is 15.5. The van der Waals surface area contributed by atoms with E-state index in [2.05, 4.69) is 36.1 Å². The Morgan fingerprint density at radius 1 is 0.875 bits per heavy atom. The molecule has 4 aromatic rings. The number of amides is 1. The van der Waals surface area contributed by atoms with Crippen LogP contribution in [0.4, 0.5) is 28.8 Å². The Kier molecular flexibility index (Phi) is 6.07. The van der Waals surface area contributed by atoms with Gasteiger partial charge in [-0.05, 0) is 62.7 Å². The lowest BCUT2D eigenvalue weighted by Gasteiger charge is -2.10. The first-order valence-corrected chi connectivity index (χ1v) is 10.1. The summed E-state index contributed by atoms with van der Waals surface area (Å²) >= 11 is 0. The minimum Gasteiger partial charge on any atom is -0.361 e. The first kappa shape index (κ1) is 21.0. The highest BCUT2D eigenvalue weighted by Gasteiger charge is 2.13. The molecule has 0 atom stereocenters. The predicted molar refractivity (Wildman–Crippen MR) is 122 cm³/mol. The number of nitrogens with one attached hydrogen (secondary N) is 3. The monoisotopic (exact) mass is 429 g/mol. The normalized spacial score (nSPS) is 10.6. The second-order valence-corrected chi connectivity index (χ2v) is 7.36. The quantitative estimate of drug-likeness (QED) is 0.394. The van der Waals surface area contributed by atoms with Gasteiger partial charge in [0.05, 0.1) is 12.1 Å². The number of carbonyl (C=O) groups excluding carboxylic acids is 1. The summed E-state index contributed by atoms with van der Waals surface area (Å²) in [6.07, 6.45) is 3.43. The van der Waals surface area contributed by atoms with Crippen LogP contribution >= 0.6 is 0 Å². The van der Waals surface area contributed by atoms with E-state index in [4.69, 9.17) is 4.52 Å². The van der Waals surface area contributed by atoms with Crippen LogP contribution in [0.1, 0.15) is 22.6 Å². The van der Waals surface area contributed by atoms with Gasteiger partial charge in [0.1, 0.15) is 29.5 Å². The standard InChI is InChI=1S/C23H23N7O2/c1-14-8-9-24-20(10-14)29-22-12-21(25-13-26-22)27-17-4-6-18(7-5-17)28-23(31)11-19-15(2)30-32-16(19)3/h4-10,12-13H,11H2,1-3H3,(H,28,31)(H2,24,25,26,27,29). The van der Waals surface area contributed by atoms with Gasteiger partial charge in [0, 0.05) is 29.2 Å². The molecule has 32 heavy (non-hydrogen) atoms. The molecule has 4 rings (SSSR count). The highest BCUT2D eigenvalue weighted by molar-refractivity contribution is 5.92. The van der Waals surface area contributed by atoms with Crippen molar-refractivity contribution < 1.29 is 9.32 Å². The van der Waals surface area contributed by atoms with E-state index >= 15 is 0 Å². The second kappa shape index (κ2) is 9.25. The van der Waals surface area contributed by atoms with Gasteiger partial charge in [0.25, 0.3) is 0 Å². The summed E-state index contributed by atoms with van der Waals surface area (Å²) < 4.78 is 5.11. The van der Waals surface area contributed by atoms with Crippen molar-refractivity contribution in [2.24, 2.45) is 0 Å². The zero-order valence-electron chi connectivity index (χ0n) is 18.0. The minimum absolute atomic E-state index is 0.128. The Bertz CT molecular complexity index is 1220. The number of anilines is 5. The predicted octanol–water partition coefficient (Wildman–Crippen LogP) is 4.45. The lowest BCUT2D eigenvalue weighted by Crippen LogP contribution is -2.15. The number of rotatable bonds is 7. The van der Waals surface area contributed by atoms with Crippen molar-refractivity contribution in [2.45, 2.75) is 27.2 Å². The number of aromatic nitrogens is 4. The molecule has 0 fully saturated rings. The molecular formula is C23H23N7O2. The number of hydrogen-bond acceptors (Lipinski definition) is 8. The van der Waals surface area contributed by atoms with Crippen molar-refractivity contribution in [1.29, 1.82) is 0 Å². The molecular weight excluding hydrogens is 406 g/mol. The molecule has 0 aliphatic rings.